The summed E-state index contributed by atoms with van der Waals surface area (Å²) in [5.74, 6) is 0.0322. The van der Waals surface area contributed by atoms with Crippen molar-refractivity contribution in [1.29, 1.82) is 0 Å². The minimum Gasteiger partial charge on any atom is -0.432 e. The van der Waals surface area contributed by atoms with Crippen molar-refractivity contribution < 1.29 is 24.2 Å². The number of aliphatic hydroxyl groups excluding tert-OH is 1. The highest BCUT2D eigenvalue weighted by molar-refractivity contribution is 6.71. The number of hydrogen-bond acceptors (Lipinski definition) is 6. The first-order chi connectivity index (χ1) is 22.1. The van der Waals surface area contributed by atoms with Crippen molar-refractivity contribution in [3.05, 3.63) is 101 Å². The maximum atomic E-state index is 13.8. The van der Waals surface area contributed by atoms with Gasteiger partial charge in [0.05, 0.1) is 42.7 Å². The van der Waals surface area contributed by atoms with Crippen LogP contribution in [0.15, 0.2) is 84.0 Å². The summed E-state index contributed by atoms with van der Waals surface area (Å²) < 4.78 is 6.64. The van der Waals surface area contributed by atoms with Gasteiger partial charge in [-0.15, -0.1) is 0 Å². The first-order valence-electron chi connectivity index (χ1n) is 16.5. The average Bonchev–Trinajstić information content (AvgIpc) is 3.38. The minimum atomic E-state index is -2.68. The lowest BCUT2D eigenvalue weighted by Crippen LogP contribution is -2.48. The normalized spacial score (nSPS) is 24.9. The summed E-state index contributed by atoms with van der Waals surface area (Å²) in [6, 6.07) is 25.8. The molecule has 242 valence electrons. The van der Waals surface area contributed by atoms with Crippen molar-refractivity contribution >= 4 is 31.5 Å². The fourth-order valence-electron chi connectivity index (χ4n) is 7.68. The maximum Gasteiger partial charge on any atom is 0.247 e. The number of amides is 2. The van der Waals surface area contributed by atoms with Gasteiger partial charge in [-0.2, -0.15) is 5.10 Å². The van der Waals surface area contributed by atoms with Crippen LogP contribution in [-0.4, -0.2) is 65.5 Å². The number of aryl methyl sites for hydroxylation is 1. The van der Waals surface area contributed by atoms with Crippen LogP contribution in [-0.2, 0) is 33.7 Å². The molecule has 0 spiro atoms. The standard InChI is InChI=1S/C37H45N3O5Si/c1-25-33(18-16-26-10-9-15-30(20-26)40-35(42)19-17-32(38-40)27-11-5-4-6-12-27)45-34(37(25)46(2,3)44)22-36(43)39-23-29-14-8-7-13-28(29)21-31(39)24-41/h4-15,20,25,31,33-34,37,41,44H,16-19,21-24H2,1-3H3/t25-,31+,33+,34-,37+/m1/s1. The molecule has 46 heavy (non-hydrogen) atoms. The molecule has 0 saturated carbocycles. The Morgan fingerprint density at radius 1 is 0.978 bits per heavy atom. The zero-order valence-electron chi connectivity index (χ0n) is 27.0. The van der Waals surface area contributed by atoms with Gasteiger partial charge in [-0.3, -0.25) is 9.59 Å². The van der Waals surface area contributed by atoms with Crippen LogP contribution in [0.3, 0.4) is 0 Å². The van der Waals surface area contributed by atoms with E-state index < -0.39 is 8.32 Å². The van der Waals surface area contributed by atoms with Crippen LogP contribution in [0.25, 0.3) is 0 Å². The van der Waals surface area contributed by atoms with Crippen LogP contribution in [0.1, 0.15) is 54.9 Å². The Labute approximate surface area is 272 Å². The van der Waals surface area contributed by atoms with E-state index in [-0.39, 0.29) is 54.6 Å². The van der Waals surface area contributed by atoms with Crippen molar-refractivity contribution in [2.45, 2.75) is 88.9 Å². The van der Waals surface area contributed by atoms with Crippen molar-refractivity contribution in [2.24, 2.45) is 11.0 Å². The molecule has 3 aromatic carbocycles. The Bertz CT molecular complexity index is 1590. The number of rotatable bonds is 9. The number of hydrazone groups is 1. The maximum absolute atomic E-state index is 13.8. The van der Waals surface area contributed by atoms with Gasteiger partial charge in [-0.25, -0.2) is 5.01 Å². The molecular formula is C37H45N3O5Si. The average molecular weight is 640 g/mol. The summed E-state index contributed by atoms with van der Waals surface area (Å²) in [5.41, 5.74) is 5.96. The van der Waals surface area contributed by atoms with E-state index in [4.69, 9.17) is 9.84 Å². The van der Waals surface area contributed by atoms with Crippen LogP contribution in [0.2, 0.25) is 18.6 Å². The predicted octanol–water partition coefficient (Wildman–Crippen LogP) is 5.46. The molecule has 3 aliphatic heterocycles. The second-order valence-corrected chi connectivity index (χ2v) is 17.6. The molecule has 0 aliphatic carbocycles. The van der Waals surface area contributed by atoms with Crippen molar-refractivity contribution in [3.8, 4) is 0 Å². The molecule has 0 radical (unpaired) electrons. The topological polar surface area (TPSA) is 103 Å². The second kappa shape index (κ2) is 13.6. The second-order valence-electron chi connectivity index (χ2n) is 13.6. The molecule has 8 nitrogen and oxygen atoms in total. The molecule has 2 amide bonds. The molecular weight excluding hydrogens is 595 g/mol. The first kappa shape index (κ1) is 32.3. The lowest BCUT2D eigenvalue weighted by atomic mass is 9.93. The Morgan fingerprint density at radius 2 is 1.72 bits per heavy atom. The molecule has 0 bridgehead atoms. The van der Waals surface area contributed by atoms with Gasteiger partial charge in [0.25, 0.3) is 0 Å². The van der Waals surface area contributed by atoms with Gasteiger partial charge in [-0.05, 0) is 72.7 Å². The molecule has 5 atom stereocenters. The number of carbonyl (C=O) groups is 2. The van der Waals surface area contributed by atoms with Crippen LogP contribution >= 0.6 is 0 Å². The quantitative estimate of drug-likeness (QED) is 0.303. The highest BCUT2D eigenvalue weighted by Crippen LogP contribution is 2.46. The van der Waals surface area contributed by atoms with Gasteiger partial charge < -0.3 is 19.5 Å². The number of hydrogen-bond donors (Lipinski definition) is 2. The number of carbonyl (C=O) groups excluding carboxylic acids is 2. The SMILES string of the molecule is C[C@H]1[C@H]([Si](C)(C)O)[C@@H](CC(=O)N2Cc3ccccc3C[C@H]2CO)O[C@H]1CCc1cccc(N2N=C(c3ccccc3)CCC2=O)c1. The molecule has 0 aromatic heterocycles. The van der Waals surface area contributed by atoms with Gasteiger partial charge in [0.15, 0.2) is 8.32 Å². The van der Waals surface area contributed by atoms with Crippen LogP contribution in [0, 0.1) is 5.92 Å². The first-order valence-corrected chi connectivity index (χ1v) is 19.5. The number of ether oxygens (including phenoxy) is 1. The van der Waals surface area contributed by atoms with Gasteiger partial charge in [-0.1, -0.05) is 73.7 Å². The smallest absolute Gasteiger partial charge is 0.247 e. The molecule has 1 saturated heterocycles. The Hall–Kier alpha value is -3.63. The largest absolute Gasteiger partial charge is 0.432 e. The Balaban J connectivity index is 1.14. The Kier molecular flexibility index (Phi) is 9.56. The van der Waals surface area contributed by atoms with E-state index in [2.05, 4.69) is 19.1 Å². The lowest BCUT2D eigenvalue weighted by molar-refractivity contribution is -0.138. The molecule has 3 aliphatic rings. The van der Waals surface area contributed by atoms with Crippen molar-refractivity contribution in [1.82, 2.24) is 4.90 Å². The van der Waals surface area contributed by atoms with E-state index in [1.807, 2.05) is 79.8 Å². The molecule has 1 fully saturated rings. The molecule has 3 heterocycles. The third-order valence-electron chi connectivity index (χ3n) is 9.99. The minimum absolute atomic E-state index is 0.0179. The van der Waals surface area contributed by atoms with E-state index in [0.717, 1.165) is 40.9 Å². The zero-order chi connectivity index (χ0) is 32.4. The Morgan fingerprint density at radius 3 is 2.46 bits per heavy atom. The van der Waals surface area contributed by atoms with Gasteiger partial charge in [0.1, 0.15) is 0 Å². The molecule has 6 rings (SSSR count). The summed E-state index contributed by atoms with van der Waals surface area (Å²) >= 11 is 0. The number of fused-ring (bicyclic) bond motifs is 1. The van der Waals surface area contributed by atoms with Gasteiger partial charge >= 0.3 is 0 Å². The van der Waals surface area contributed by atoms with Crippen LogP contribution in [0.5, 0.6) is 0 Å². The van der Waals surface area contributed by atoms with E-state index in [0.29, 0.717) is 25.8 Å². The zero-order valence-corrected chi connectivity index (χ0v) is 28.0. The monoisotopic (exact) mass is 639 g/mol. The van der Waals surface area contributed by atoms with Crippen molar-refractivity contribution in [2.75, 3.05) is 11.6 Å². The highest BCUT2D eigenvalue weighted by atomic mass is 28.4. The third-order valence-corrected chi connectivity index (χ3v) is 12.5. The van der Waals surface area contributed by atoms with E-state index >= 15 is 0 Å². The summed E-state index contributed by atoms with van der Waals surface area (Å²) in [4.78, 5) is 39.8. The van der Waals surface area contributed by atoms with Gasteiger partial charge in [0.2, 0.25) is 11.8 Å². The summed E-state index contributed by atoms with van der Waals surface area (Å²) in [6.45, 7) is 6.41. The fraction of sp³-hybridized carbons (Fsp3) is 0.432. The molecule has 9 heteroatoms. The van der Waals surface area contributed by atoms with Crippen LogP contribution in [0.4, 0.5) is 5.69 Å². The summed E-state index contributed by atoms with van der Waals surface area (Å²) in [5, 5.41) is 16.4. The summed E-state index contributed by atoms with van der Waals surface area (Å²) in [6.07, 6.45) is 2.84. The number of anilines is 1. The number of nitrogens with zero attached hydrogens (tertiary/aromatic N) is 3. The number of benzene rings is 3. The van der Waals surface area contributed by atoms with E-state index in [9.17, 15) is 19.5 Å². The van der Waals surface area contributed by atoms with Crippen molar-refractivity contribution in [3.63, 3.8) is 0 Å². The molecule has 0 unspecified atom stereocenters. The highest BCUT2D eigenvalue weighted by Gasteiger charge is 2.50. The van der Waals surface area contributed by atoms with Gasteiger partial charge in [0, 0.05) is 24.9 Å². The predicted molar refractivity (Wildman–Crippen MR) is 182 cm³/mol. The van der Waals surface area contributed by atoms with Crippen LogP contribution < -0.4 is 5.01 Å². The number of aliphatic hydroxyl groups is 1. The van der Waals surface area contributed by atoms with E-state index in [1.165, 1.54) is 10.6 Å². The summed E-state index contributed by atoms with van der Waals surface area (Å²) in [7, 11) is -2.68. The van der Waals surface area contributed by atoms with E-state index in [1.54, 1.807) is 4.90 Å². The lowest BCUT2D eigenvalue weighted by Gasteiger charge is -2.37. The third kappa shape index (κ3) is 6.88. The molecule has 3 aromatic rings. The fourth-order valence-corrected chi connectivity index (χ4v) is 10.3. The molecule has 2 N–H and O–H groups in total.